The van der Waals surface area contributed by atoms with Crippen molar-refractivity contribution in [1.82, 2.24) is 0 Å². The summed E-state index contributed by atoms with van der Waals surface area (Å²) in [5.74, 6) is -0.357. The normalized spacial score (nSPS) is 14.9. The summed E-state index contributed by atoms with van der Waals surface area (Å²) in [6.07, 6.45) is 4.14. The molecule has 0 aromatic heterocycles. The Morgan fingerprint density at radius 2 is 1.32 bits per heavy atom. The molecule has 5 heteroatoms. The maximum atomic E-state index is 11.2. The second-order valence-corrected chi connectivity index (χ2v) is 4.19. The van der Waals surface area contributed by atoms with Gasteiger partial charge in [0.15, 0.2) is 11.6 Å². The standard InChI is InChI=1S/C14H22O5/c1-3-5-11(15)7-13(17)9-19-10-14(18)8-12(16)6-4-2/h3-6,13-14,17-18H,7-10H2,1-2H3. The number of carbonyl (C=O) groups is 2. The van der Waals surface area contributed by atoms with Crippen molar-refractivity contribution < 1.29 is 24.5 Å². The fourth-order valence-corrected chi connectivity index (χ4v) is 1.43. The van der Waals surface area contributed by atoms with Gasteiger partial charge in [-0.2, -0.15) is 0 Å². The van der Waals surface area contributed by atoms with Crippen LogP contribution >= 0.6 is 0 Å². The van der Waals surface area contributed by atoms with Crippen molar-refractivity contribution in [3.8, 4) is 0 Å². The number of allylic oxidation sites excluding steroid dienone is 4. The van der Waals surface area contributed by atoms with Crippen molar-refractivity contribution >= 4 is 11.6 Å². The molecule has 0 heterocycles. The highest BCUT2D eigenvalue weighted by Gasteiger charge is 2.12. The van der Waals surface area contributed by atoms with Crippen molar-refractivity contribution in [1.29, 1.82) is 0 Å². The van der Waals surface area contributed by atoms with E-state index in [2.05, 4.69) is 0 Å². The molecule has 2 atom stereocenters. The number of carbonyl (C=O) groups excluding carboxylic acids is 2. The Labute approximate surface area is 113 Å². The van der Waals surface area contributed by atoms with Crippen LogP contribution in [0.5, 0.6) is 0 Å². The van der Waals surface area contributed by atoms with Crippen LogP contribution in [0.2, 0.25) is 0 Å². The third-order valence-corrected chi connectivity index (χ3v) is 2.20. The predicted octanol–water partition coefficient (Wildman–Crippen LogP) is 0.795. The minimum Gasteiger partial charge on any atom is -0.390 e. The number of aliphatic hydroxyl groups excluding tert-OH is 2. The molecule has 0 aromatic carbocycles. The van der Waals surface area contributed by atoms with E-state index in [1.54, 1.807) is 26.0 Å². The van der Waals surface area contributed by atoms with Gasteiger partial charge in [-0.3, -0.25) is 9.59 Å². The lowest BCUT2D eigenvalue weighted by Gasteiger charge is -2.12. The molecule has 19 heavy (non-hydrogen) atoms. The summed E-state index contributed by atoms with van der Waals surface area (Å²) in [5.41, 5.74) is 0. The summed E-state index contributed by atoms with van der Waals surface area (Å²) in [6.45, 7) is 3.36. The van der Waals surface area contributed by atoms with Crippen LogP contribution in [-0.2, 0) is 14.3 Å². The molecule has 0 aliphatic rings. The number of aliphatic hydroxyl groups is 2. The Kier molecular flexibility index (Phi) is 9.88. The van der Waals surface area contributed by atoms with Gasteiger partial charge in [0.1, 0.15) is 0 Å². The summed E-state index contributed by atoms with van der Waals surface area (Å²) < 4.78 is 5.06. The molecule has 0 bridgehead atoms. The third kappa shape index (κ3) is 10.3. The van der Waals surface area contributed by atoms with Gasteiger partial charge in [0, 0.05) is 12.8 Å². The SMILES string of the molecule is CC=CC(=O)CC(O)COCC(O)CC(=O)C=CC. The highest BCUT2D eigenvalue weighted by Crippen LogP contribution is 1.99. The fraction of sp³-hybridized carbons (Fsp3) is 0.571. The zero-order chi connectivity index (χ0) is 14.7. The van der Waals surface area contributed by atoms with Crippen LogP contribution in [0.15, 0.2) is 24.3 Å². The molecular formula is C14H22O5. The molecule has 2 N–H and O–H groups in total. The first-order chi connectivity index (χ1) is 8.99. The van der Waals surface area contributed by atoms with Gasteiger partial charge in [-0.1, -0.05) is 12.2 Å². The van der Waals surface area contributed by atoms with E-state index in [1.807, 2.05) is 0 Å². The number of ketones is 2. The van der Waals surface area contributed by atoms with Crippen LogP contribution in [-0.4, -0.2) is 47.2 Å². The van der Waals surface area contributed by atoms with Gasteiger partial charge in [0.2, 0.25) is 0 Å². The second kappa shape index (κ2) is 10.6. The van der Waals surface area contributed by atoms with Crippen LogP contribution < -0.4 is 0 Å². The van der Waals surface area contributed by atoms with Crippen molar-refractivity contribution in [2.45, 2.75) is 38.9 Å². The highest BCUT2D eigenvalue weighted by molar-refractivity contribution is 5.90. The summed E-state index contributed by atoms with van der Waals surface area (Å²) >= 11 is 0. The fourth-order valence-electron chi connectivity index (χ4n) is 1.43. The highest BCUT2D eigenvalue weighted by atomic mass is 16.5. The Bertz CT molecular complexity index is 301. The van der Waals surface area contributed by atoms with E-state index < -0.39 is 12.2 Å². The van der Waals surface area contributed by atoms with Crippen molar-refractivity contribution in [2.75, 3.05) is 13.2 Å². The second-order valence-electron chi connectivity index (χ2n) is 4.19. The van der Waals surface area contributed by atoms with E-state index in [9.17, 15) is 19.8 Å². The largest absolute Gasteiger partial charge is 0.390 e. The maximum absolute atomic E-state index is 11.2. The molecule has 0 aliphatic heterocycles. The minimum atomic E-state index is -0.901. The van der Waals surface area contributed by atoms with E-state index in [-0.39, 0.29) is 37.6 Å². The average molecular weight is 270 g/mol. The van der Waals surface area contributed by atoms with Gasteiger partial charge >= 0.3 is 0 Å². The molecule has 2 unspecified atom stereocenters. The van der Waals surface area contributed by atoms with Gasteiger partial charge in [0.25, 0.3) is 0 Å². The molecule has 0 amide bonds. The Hall–Kier alpha value is -1.30. The van der Waals surface area contributed by atoms with Crippen LogP contribution in [0.3, 0.4) is 0 Å². The van der Waals surface area contributed by atoms with Crippen LogP contribution in [0, 0.1) is 0 Å². The van der Waals surface area contributed by atoms with Crippen molar-refractivity contribution in [3.05, 3.63) is 24.3 Å². The zero-order valence-corrected chi connectivity index (χ0v) is 11.4. The number of rotatable bonds is 10. The molecule has 0 saturated carbocycles. The predicted molar refractivity (Wildman–Crippen MR) is 71.7 cm³/mol. The molecule has 5 nitrogen and oxygen atoms in total. The Morgan fingerprint density at radius 3 is 1.63 bits per heavy atom. The first kappa shape index (κ1) is 17.7. The lowest BCUT2D eigenvalue weighted by molar-refractivity contribution is -0.118. The van der Waals surface area contributed by atoms with Gasteiger partial charge in [-0.05, 0) is 26.0 Å². The smallest absolute Gasteiger partial charge is 0.158 e. The summed E-state index contributed by atoms with van der Waals surface area (Å²) in [4.78, 5) is 22.3. The van der Waals surface area contributed by atoms with E-state index in [4.69, 9.17) is 4.74 Å². The lowest BCUT2D eigenvalue weighted by atomic mass is 10.1. The molecule has 0 aliphatic carbocycles. The molecule has 0 aromatic rings. The van der Waals surface area contributed by atoms with Crippen LogP contribution in [0.25, 0.3) is 0 Å². The number of hydrogen-bond acceptors (Lipinski definition) is 5. The topological polar surface area (TPSA) is 83.8 Å². The quantitative estimate of drug-likeness (QED) is 0.574. The average Bonchev–Trinajstić information content (AvgIpc) is 2.28. The van der Waals surface area contributed by atoms with Crippen molar-refractivity contribution in [3.63, 3.8) is 0 Å². The van der Waals surface area contributed by atoms with Crippen LogP contribution in [0.4, 0.5) is 0 Å². The van der Waals surface area contributed by atoms with Crippen LogP contribution in [0.1, 0.15) is 26.7 Å². The molecule has 0 saturated heterocycles. The third-order valence-electron chi connectivity index (χ3n) is 2.20. The summed E-state index contributed by atoms with van der Waals surface area (Å²) in [6, 6.07) is 0. The number of hydrogen-bond donors (Lipinski definition) is 2. The van der Waals surface area contributed by atoms with E-state index in [0.29, 0.717) is 0 Å². The molecule has 0 fully saturated rings. The first-order valence-electron chi connectivity index (χ1n) is 6.24. The van der Waals surface area contributed by atoms with Gasteiger partial charge in [0.05, 0.1) is 25.4 Å². The lowest BCUT2D eigenvalue weighted by Crippen LogP contribution is -2.24. The molecule has 108 valence electrons. The van der Waals surface area contributed by atoms with E-state index >= 15 is 0 Å². The first-order valence-corrected chi connectivity index (χ1v) is 6.24. The Balaban J connectivity index is 3.77. The van der Waals surface area contributed by atoms with E-state index in [0.717, 1.165) is 0 Å². The number of ether oxygens (including phenoxy) is 1. The van der Waals surface area contributed by atoms with Gasteiger partial charge in [-0.25, -0.2) is 0 Å². The van der Waals surface area contributed by atoms with E-state index in [1.165, 1.54) is 12.2 Å². The molecule has 0 rings (SSSR count). The van der Waals surface area contributed by atoms with Gasteiger partial charge < -0.3 is 14.9 Å². The minimum absolute atomic E-state index is 0.0159. The van der Waals surface area contributed by atoms with Crippen molar-refractivity contribution in [2.24, 2.45) is 0 Å². The summed E-state index contributed by atoms with van der Waals surface area (Å²) in [5, 5.41) is 19.0. The monoisotopic (exact) mass is 270 g/mol. The summed E-state index contributed by atoms with van der Waals surface area (Å²) in [7, 11) is 0. The zero-order valence-electron chi connectivity index (χ0n) is 11.4. The molecule has 0 radical (unpaired) electrons. The Morgan fingerprint density at radius 1 is 0.947 bits per heavy atom. The maximum Gasteiger partial charge on any atom is 0.158 e. The molecule has 0 spiro atoms. The molecular weight excluding hydrogens is 248 g/mol. The van der Waals surface area contributed by atoms with Gasteiger partial charge in [-0.15, -0.1) is 0 Å².